The van der Waals surface area contributed by atoms with Gasteiger partial charge in [-0.2, -0.15) is 0 Å². The molecule has 0 aromatic heterocycles. The summed E-state index contributed by atoms with van der Waals surface area (Å²) >= 11 is 3.00. The molecular formula is C14H14BrF2NO2. The van der Waals surface area contributed by atoms with Crippen molar-refractivity contribution in [2.24, 2.45) is 0 Å². The van der Waals surface area contributed by atoms with Crippen LogP contribution in [0, 0.1) is 11.6 Å². The number of hydrogen-bond donors (Lipinski definition) is 1. The number of fused-ring (bicyclic) bond motifs is 2. The number of rotatable bonds is 1. The van der Waals surface area contributed by atoms with E-state index in [1.54, 1.807) is 4.90 Å². The number of halogens is 3. The first-order valence-corrected chi connectivity index (χ1v) is 7.42. The first-order valence-electron chi connectivity index (χ1n) is 6.62. The molecule has 1 aromatic carbocycles. The van der Waals surface area contributed by atoms with Crippen molar-refractivity contribution in [3.63, 3.8) is 0 Å². The minimum absolute atomic E-state index is 0.112. The fourth-order valence-corrected chi connectivity index (χ4v) is 3.76. The van der Waals surface area contributed by atoms with Gasteiger partial charge in [-0.15, -0.1) is 0 Å². The Morgan fingerprint density at radius 1 is 1.20 bits per heavy atom. The molecule has 2 bridgehead atoms. The van der Waals surface area contributed by atoms with Gasteiger partial charge in [0.25, 0.3) is 5.91 Å². The van der Waals surface area contributed by atoms with Gasteiger partial charge in [0.2, 0.25) is 0 Å². The zero-order chi connectivity index (χ0) is 14.4. The van der Waals surface area contributed by atoms with Crippen LogP contribution in [0.3, 0.4) is 0 Å². The zero-order valence-corrected chi connectivity index (χ0v) is 12.2. The van der Waals surface area contributed by atoms with Crippen LogP contribution >= 0.6 is 15.9 Å². The third kappa shape index (κ3) is 2.24. The Morgan fingerprint density at radius 3 is 2.20 bits per heavy atom. The lowest BCUT2D eigenvalue weighted by atomic mass is 9.98. The monoisotopic (exact) mass is 345 g/mol. The van der Waals surface area contributed by atoms with Gasteiger partial charge in [-0.25, -0.2) is 8.78 Å². The fraction of sp³-hybridized carbons (Fsp3) is 0.500. The van der Waals surface area contributed by atoms with Gasteiger partial charge >= 0.3 is 0 Å². The molecule has 108 valence electrons. The van der Waals surface area contributed by atoms with Crippen LogP contribution in [0.1, 0.15) is 36.0 Å². The average molecular weight is 346 g/mol. The molecule has 0 radical (unpaired) electrons. The van der Waals surface area contributed by atoms with Crippen molar-refractivity contribution in [3.8, 4) is 0 Å². The lowest BCUT2D eigenvalue weighted by Crippen LogP contribution is -2.48. The molecule has 0 spiro atoms. The lowest BCUT2D eigenvalue weighted by Gasteiger charge is -2.37. The number of aliphatic hydroxyl groups excluding tert-OH is 1. The number of nitrogens with zero attached hydrogens (tertiary/aromatic N) is 1. The summed E-state index contributed by atoms with van der Waals surface area (Å²) in [6.07, 6.45) is 2.13. The lowest BCUT2D eigenvalue weighted by molar-refractivity contribution is 0.0280. The Kier molecular flexibility index (Phi) is 3.54. The fourth-order valence-electron chi connectivity index (χ4n) is 3.36. The largest absolute Gasteiger partial charge is 0.393 e. The van der Waals surface area contributed by atoms with Crippen LogP contribution in [0.4, 0.5) is 8.78 Å². The Balaban J connectivity index is 1.94. The van der Waals surface area contributed by atoms with E-state index in [1.807, 2.05) is 0 Å². The molecule has 3 nitrogen and oxygen atoms in total. The van der Waals surface area contributed by atoms with Crippen molar-refractivity contribution in [2.75, 3.05) is 0 Å². The van der Waals surface area contributed by atoms with Gasteiger partial charge in [0.15, 0.2) is 0 Å². The highest BCUT2D eigenvalue weighted by molar-refractivity contribution is 9.10. The number of carbonyl (C=O) groups is 1. The van der Waals surface area contributed by atoms with Crippen molar-refractivity contribution in [1.82, 2.24) is 4.90 Å². The van der Waals surface area contributed by atoms with E-state index in [0.29, 0.717) is 12.8 Å². The molecule has 2 unspecified atom stereocenters. The molecule has 2 fully saturated rings. The van der Waals surface area contributed by atoms with Gasteiger partial charge in [0.05, 0.1) is 6.10 Å². The second kappa shape index (κ2) is 5.07. The zero-order valence-electron chi connectivity index (χ0n) is 10.7. The van der Waals surface area contributed by atoms with E-state index in [2.05, 4.69) is 15.9 Å². The molecule has 0 aliphatic carbocycles. The van der Waals surface area contributed by atoms with Gasteiger partial charge in [0, 0.05) is 16.6 Å². The predicted octanol–water partition coefficient (Wildman–Crippen LogP) is 2.86. The molecule has 2 aliphatic heterocycles. The Morgan fingerprint density at radius 2 is 1.70 bits per heavy atom. The van der Waals surface area contributed by atoms with Gasteiger partial charge in [-0.3, -0.25) is 4.79 Å². The van der Waals surface area contributed by atoms with Gasteiger partial charge in [0.1, 0.15) is 17.2 Å². The van der Waals surface area contributed by atoms with E-state index in [1.165, 1.54) is 0 Å². The van der Waals surface area contributed by atoms with Crippen molar-refractivity contribution < 1.29 is 18.7 Å². The number of benzene rings is 1. The van der Waals surface area contributed by atoms with Crippen LogP contribution in [0.15, 0.2) is 16.6 Å². The minimum Gasteiger partial charge on any atom is -0.393 e. The van der Waals surface area contributed by atoms with Gasteiger partial charge < -0.3 is 10.0 Å². The third-order valence-corrected chi connectivity index (χ3v) is 4.62. The van der Waals surface area contributed by atoms with Crippen molar-refractivity contribution >= 4 is 21.8 Å². The molecule has 2 atom stereocenters. The van der Waals surface area contributed by atoms with Gasteiger partial charge in [-0.05, 0) is 37.8 Å². The number of carbonyl (C=O) groups excluding carboxylic acids is 1. The summed E-state index contributed by atoms with van der Waals surface area (Å²) < 4.78 is 28.1. The highest BCUT2D eigenvalue weighted by atomic mass is 79.9. The van der Waals surface area contributed by atoms with E-state index in [0.717, 1.165) is 25.0 Å². The topological polar surface area (TPSA) is 40.5 Å². The van der Waals surface area contributed by atoms with E-state index in [-0.39, 0.29) is 16.6 Å². The highest BCUT2D eigenvalue weighted by Gasteiger charge is 2.44. The maximum absolute atomic E-state index is 13.9. The Hall–Kier alpha value is -1.01. The molecule has 2 heterocycles. The maximum Gasteiger partial charge on any atom is 0.260 e. The Labute approximate surface area is 123 Å². The summed E-state index contributed by atoms with van der Waals surface area (Å²) in [6.45, 7) is 0. The molecular weight excluding hydrogens is 332 g/mol. The molecule has 0 saturated carbocycles. The second-order valence-corrected chi connectivity index (χ2v) is 6.38. The van der Waals surface area contributed by atoms with E-state index < -0.39 is 29.2 Å². The highest BCUT2D eigenvalue weighted by Crippen LogP contribution is 2.37. The molecule has 1 amide bonds. The summed E-state index contributed by atoms with van der Waals surface area (Å²) in [4.78, 5) is 14.0. The summed E-state index contributed by atoms with van der Waals surface area (Å²) in [6, 6.07) is 1.96. The number of amides is 1. The van der Waals surface area contributed by atoms with Crippen LogP contribution in [-0.4, -0.2) is 34.1 Å². The first kappa shape index (κ1) is 13.9. The SMILES string of the molecule is O=C(c1c(F)cc(Br)cc1F)N1C2CCC1CC(O)C2. The van der Waals surface area contributed by atoms with Crippen molar-refractivity contribution in [3.05, 3.63) is 33.8 Å². The van der Waals surface area contributed by atoms with Crippen LogP contribution < -0.4 is 0 Å². The normalized spacial score (nSPS) is 28.8. The standard InChI is InChI=1S/C14H14BrF2NO2/c15-7-3-11(16)13(12(17)4-7)14(20)18-8-1-2-9(18)6-10(19)5-8/h3-4,8-10,19H,1-2,5-6H2. The van der Waals surface area contributed by atoms with E-state index in [9.17, 15) is 18.7 Å². The van der Waals surface area contributed by atoms with E-state index in [4.69, 9.17) is 0 Å². The molecule has 1 N–H and O–H groups in total. The van der Waals surface area contributed by atoms with Crippen molar-refractivity contribution in [2.45, 2.75) is 43.9 Å². The predicted molar refractivity (Wildman–Crippen MR) is 72.3 cm³/mol. The summed E-state index contributed by atoms with van der Waals surface area (Å²) in [5.74, 6) is -2.31. The summed E-state index contributed by atoms with van der Waals surface area (Å²) in [5.41, 5.74) is -0.499. The van der Waals surface area contributed by atoms with Crippen molar-refractivity contribution in [1.29, 1.82) is 0 Å². The molecule has 1 aromatic rings. The van der Waals surface area contributed by atoms with Crippen LogP contribution in [0.2, 0.25) is 0 Å². The number of aliphatic hydroxyl groups is 1. The Bertz CT molecular complexity index is 529. The minimum atomic E-state index is -0.854. The summed E-state index contributed by atoms with van der Waals surface area (Å²) in [5, 5.41) is 9.71. The quantitative estimate of drug-likeness (QED) is 0.850. The van der Waals surface area contributed by atoms with E-state index >= 15 is 0 Å². The maximum atomic E-state index is 13.9. The average Bonchev–Trinajstić information content (AvgIpc) is 2.60. The number of hydrogen-bond acceptors (Lipinski definition) is 2. The van der Waals surface area contributed by atoms with Crippen LogP contribution in [-0.2, 0) is 0 Å². The van der Waals surface area contributed by atoms with Crippen LogP contribution in [0.5, 0.6) is 0 Å². The molecule has 20 heavy (non-hydrogen) atoms. The van der Waals surface area contributed by atoms with Gasteiger partial charge in [-0.1, -0.05) is 15.9 Å². The molecule has 2 aliphatic rings. The molecule has 3 rings (SSSR count). The summed E-state index contributed by atoms with van der Waals surface area (Å²) in [7, 11) is 0. The molecule has 6 heteroatoms. The number of piperidine rings is 1. The molecule has 2 saturated heterocycles. The second-order valence-electron chi connectivity index (χ2n) is 5.47. The van der Waals surface area contributed by atoms with Crippen LogP contribution in [0.25, 0.3) is 0 Å². The third-order valence-electron chi connectivity index (χ3n) is 4.16. The first-order chi connectivity index (χ1) is 9.47. The smallest absolute Gasteiger partial charge is 0.260 e.